The summed E-state index contributed by atoms with van der Waals surface area (Å²) in [4.78, 5) is 66.7. The number of hydrogen-bond donors (Lipinski definition) is 5. The molecule has 1 aliphatic carbocycles. The van der Waals surface area contributed by atoms with Gasteiger partial charge in [-0.05, 0) is 75.4 Å². The van der Waals surface area contributed by atoms with Gasteiger partial charge in [0.05, 0.1) is 19.4 Å². The first-order valence-corrected chi connectivity index (χ1v) is 17.1. The molecule has 1 aliphatic heterocycles. The molecule has 1 saturated carbocycles. The molecule has 1 saturated heterocycles. The lowest BCUT2D eigenvalue weighted by atomic mass is 9.84. The number of likely N-dealkylation sites (tertiary alicyclic amines) is 1. The van der Waals surface area contributed by atoms with Crippen molar-refractivity contribution in [1.29, 1.82) is 0 Å². The van der Waals surface area contributed by atoms with Gasteiger partial charge >= 0.3 is 0 Å². The highest BCUT2D eigenvalue weighted by atomic mass is 16.3. The molecule has 12 heteroatoms. The van der Waals surface area contributed by atoms with E-state index in [1.54, 1.807) is 6.07 Å². The van der Waals surface area contributed by atoms with Gasteiger partial charge in [-0.25, -0.2) is 0 Å². The summed E-state index contributed by atoms with van der Waals surface area (Å²) in [5.74, 6) is -1.90. The zero-order valence-corrected chi connectivity index (χ0v) is 27.3. The van der Waals surface area contributed by atoms with Crippen molar-refractivity contribution < 1.29 is 28.4 Å². The van der Waals surface area contributed by atoms with Gasteiger partial charge in [0, 0.05) is 6.54 Å². The average molecular weight is 651 g/mol. The lowest BCUT2D eigenvalue weighted by Crippen LogP contribution is -2.51. The number of piperidine rings is 1. The topological polar surface area (TPSA) is 162 Å². The van der Waals surface area contributed by atoms with E-state index in [4.69, 9.17) is 4.42 Å². The van der Waals surface area contributed by atoms with E-state index in [9.17, 15) is 24.0 Å². The number of furan rings is 1. The molecule has 5 N–H and O–H groups in total. The summed E-state index contributed by atoms with van der Waals surface area (Å²) in [6.07, 6.45) is 12.0. The van der Waals surface area contributed by atoms with Crippen molar-refractivity contribution in [3.05, 3.63) is 60.1 Å². The second-order valence-electron chi connectivity index (χ2n) is 12.6. The van der Waals surface area contributed by atoms with Crippen LogP contribution in [0.3, 0.4) is 0 Å². The van der Waals surface area contributed by atoms with Gasteiger partial charge in [0.1, 0.15) is 12.1 Å². The smallest absolute Gasteiger partial charge is 0.287 e. The maximum atomic E-state index is 13.1. The van der Waals surface area contributed by atoms with Crippen molar-refractivity contribution in [3.8, 4) is 0 Å². The molecule has 0 radical (unpaired) electrons. The van der Waals surface area contributed by atoms with Crippen LogP contribution in [0.4, 0.5) is 0 Å². The van der Waals surface area contributed by atoms with E-state index in [-0.39, 0.29) is 24.8 Å². The zero-order chi connectivity index (χ0) is 33.3. The van der Waals surface area contributed by atoms with Gasteiger partial charge in [0.15, 0.2) is 5.76 Å². The molecule has 47 heavy (non-hydrogen) atoms. The summed E-state index contributed by atoms with van der Waals surface area (Å²) < 4.78 is 5.17. The number of nitrogens with one attached hydrogen (secondary N) is 5. The van der Waals surface area contributed by atoms with Gasteiger partial charge < -0.3 is 35.9 Å². The molecule has 4 rings (SSSR count). The molecule has 0 unspecified atom stereocenters. The highest BCUT2D eigenvalue weighted by molar-refractivity contribution is 5.96. The number of benzene rings is 1. The highest BCUT2D eigenvalue weighted by Crippen LogP contribution is 2.27. The fourth-order valence-corrected chi connectivity index (χ4v) is 6.28. The fourth-order valence-electron chi connectivity index (χ4n) is 6.28. The Balaban J connectivity index is 1.24. The van der Waals surface area contributed by atoms with Crippen LogP contribution in [0.5, 0.6) is 0 Å². The van der Waals surface area contributed by atoms with Crippen LogP contribution in [-0.4, -0.2) is 79.2 Å². The predicted molar refractivity (Wildman–Crippen MR) is 177 cm³/mol. The molecule has 2 fully saturated rings. The normalized spacial score (nSPS) is 16.8. The monoisotopic (exact) mass is 650 g/mol. The first-order valence-electron chi connectivity index (χ1n) is 17.1. The molecule has 0 spiro atoms. The van der Waals surface area contributed by atoms with Crippen molar-refractivity contribution in [2.24, 2.45) is 5.92 Å². The minimum atomic E-state index is -0.827. The third kappa shape index (κ3) is 12.8. The fraction of sp³-hybridized carbons (Fsp3) is 0.571. The summed E-state index contributed by atoms with van der Waals surface area (Å²) in [6.45, 7) is 2.61. The van der Waals surface area contributed by atoms with Crippen LogP contribution >= 0.6 is 0 Å². The minimum Gasteiger partial charge on any atom is -0.459 e. The molecule has 2 aliphatic rings. The summed E-state index contributed by atoms with van der Waals surface area (Å²) >= 11 is 0. The van der Waals surface area contributed by atoms with Crippen LogP contribution in [0.1, 0.15) is 86.7 Å². The van der Waals surface area contributed by atoms with E-state index in [0.717, 1.165) is 63.7 Å². The quantitative estimate of drug-likeness (QED) is 0.176. The van der Waals surface area contributed by atoms with Crippen molar-refractivity contribution in [2.45, 2.75) is 89.3 Å². The molecule has 2 heterocycles. The number of hydrogen-bond acceptors (Lipinski definition) is 7. The van der Waals surface area contributed by atoms with Crippen LogP contribution in [-0.2, 0) is 25.7 Å². The average Bonchev–Trinajstić information content (AvgIpc) is 3.65. The number of nitrogens with zero attached hydrogens (tertiary/aromatic N) is 1. The molecule has 1 aromatic carbocycles. The van der Waals surface area contributed by atoms with E-state index in [1.807, 2.05) is 30.3 Å². The number of carbonyl (C=O) groups excluding carboxylic acids is 5. The third-order valence-electron chi connectivity index (χ3n) is 8.91. The molecule has 256 valence electrons. The molecule has 12 nitrogen and oxygen atoms in total. The zero-order valence-electron chi connectivity index (χ0n) is 27.3. The molecule has 1 aromatic heterocycles. The van der Waals surface area contributed by atoms with Crippen LogP contribution in [0.2, 0.25) is 0 Å². The van der Waals surface area contributed by atoms with Crippen molar-refractivity contribution >= 4 is 29.5 Å². The molecular formula is C35H50N6O6. The minimum absolute atomic E-state index is 0.105. The Morgan fingerprint density at radius 1 is 0.745 bits per heavy atom. The van der Waals surface area contributed by atoms with E-state index in [1.165, 1.54) is 31.6 Å². The second kappa shape index (κ2) is 19.5. The van der Waals surface area contributed by atoms with Gasteiger partial charge in [-0.15, -0.1) is 0 Å². The Hall–Kier alpha value is -4.19. The molecule has 0 bridgehead atoms. The standard InChI is InChI=1S/C35H50N6O6/c42-31(24-38-34(45)29(22-26-12-4-1-5-13-26)40-35(46)30-17-11-21-47-30)36-25-32(43)39-28(16-10-20-41-18-8-3-9-19-41)33(44)37-23-27-14-6-2-7-15-27/h2,6-7,11,14-15,17,21,26,28-29H,1,3-5,8-10,12-13,16,18-20,22-25H2,(H,36,42)(H,37,44)(H,38,45)(H,39,43)(H,40,46)/t28-,29-/m0/s1. The molecular weight excluding hydrogens is 600 g/mol. The van der Waals surface area contributed by atoms with Crippen molar-refractivity contribution in [1.82, 2.24) is 31.5 Å². The number of rotatable bonds is 17. The Morgan fingerprint density at radius 3 is 2.17 bits per heavy atom. The largest absolute Gasteiger partial charge is 0.459 e. The van der Waals surface area contributed by atoms with E-state index in [0.29, 0.717) is 25.3 Å². The summed E-state index contributed by atoms with van der Waals surface area (Å²) in [5, 5.41) is 13.6. The van der Waals surface area contributed by atoms with Crippen LogP contribution in [0, 0.1) is 5.92 Å². The SMILES string of the molecule is O=C(CNC(=O)[C@H](CC1CCCCC1)NC(=O)c1ccco1)NCC(=O)N[C@@H](CCCN1CCCCC1)C(=O)NCc1ccccc1. The van der Waals surface area contributed by atoms with Crippen LogP contribution in [0.15, 0.2) is 53.1 Å². The van der Waals surface area contributed by atoms with Crippen LogP contribution < -0.4 is 26.6 Å². The first-order chi connectivity index (χ1) is 22.9. The Kier molecular flexibility index (Phi) is 14.8. The van der Waals surface area contributed by atoms with E-state index in [2.05, 4.69) is 31.5 Å². The lowest BCUT2D eigenvalue weighted by molar-refractivity contribution is -0.130. The molecule has 2 aromatic rings. The highest BCUT2D eigenvalue weighted by Gasteiger charge is 2.27. The molecule has 2 atom stereocenters. The lowest BCUT2D eigenvalue weighted by Gasteiger charge is -2.27. The predicted octanol–water partition coefficient (Wildman–Crippen LogP) is 2.65. The number of amides is 5. The van der Waals surface area contributed by atoms with Gasteiger partial charge in [-0.2, -0.15) is 0 Å². The maximum absolute atomic E-state index is 13.1. The first kappa shape index (κ1) is 35.7. The van der Waals surface area contributed by atoms with E-state index >= 15 is 0 Å². The Labute approximate surface area is 277 Å². The van der Waals surface area contributed by atoms with Gasteiger partial charge in [-0.3, -0.25) is 24.0 Å². The van der Waals surface area contributed by atoms with Gasteiger partial charge in [0.25, 0.3) is 5.91 Å². The Bertz CT molecular complexity index is 1270. The summed E-state index contributed by atoms with van der Waals surface area (Å²) in [6, 6.07) is 11.1. The Morgan fingerprint density at radius 2 is 1.45 bits per heavy atom. The van der Waals surface area contributed by atoms with Crippen molar-refractivity contribution in [3.63, 3.8) is 0 Å². The maximum Gasteiger partial charge on any atom is 0.287 e. The third-order valence-corrected chi connectivity index (χ3v) is 8.91. The van der Waals surface area contributed by atoms with Gasteiger partial charge in [-0.1, -0.05) is 68.9 Å². The second-order valence-corrected chi connectivity index (χ2v) is 12.6. The van der Waals surface area contributed by atoms with Gasteiger partial charge in [0.2, 0.25) is 23.6 Å². The number of carbonyl (C=O) groups is 5. The van der Waals surface area contributed by atoms with Crippen LogP contribution in [0.25, 0.3) is 0 Å². The van der Waals surface area contributed by atoms with Crippen molar-refractivity contribution in [2.75, 3.05) is 32.7 Å². The van der Waals surface area contributed by atoms with E-state index < -0.39 is 35.7 Å². The summed E-state index contributed by atoms with van der Waals surface area (Å²) in [5.41, 5.74) is 0.954. The summed E-state index contributed by atoms with van der Waals surface area (Å²) in [7, 11) is 0. The molecule has 5 amide bonds.